The molecule has 1 heterocycles. The second kappa shape index (κ2) is 9.52. The lowest BCUT2D eigenvalue weighted by molar-refractivity contribution is 0.183. The summed E-state index contributed by atoms with van der Waals surface area (Å²) < 4.78 is 24.4. The average Bonchev–Trinajstić information content (AvgIpc) is 3.19. The monoisotopic (exact) mass is 442 g/mol. The molecular weight excluding hydrogens is 423 g/mol. The molecule has 0 fully saturated rings. The van der Waals surface area contributed by atoms with E-state index in [0.717, 1.165) is 11.8 Å². The number of aromatic hydroxyl groups is 1. The Kier molecular flexibility index (Phi) is 6.81. The molecule has 160 valence electrons. The van der Waals surface area contributed by atoms with Gasteiger partial charge >= 0.3 is 6.09 Å². The third-order valence-corrected chi connectivity index (χ3v) is 4.78. The summed E-state index contributed by atoms with van der Waals surface area (Å²) in [6.07, 6.45) is 0.823. The zero-order valence-electron chi connectivity index (χ0n) is 17.2. The van der Waals surface area contributed by atoms with Gasteiger partial charge in [0.1, 0.15) is 10.8 Å². The molecule has 0 radical (unpaired) electrons. The van der Waals surface area contributed by atoms with Crippen LogP contribution in [0.1, 0.15) is 17.0 Å². The lowest BCUT2D eigenvalue weighted by atomic mass is 10.1. The van der Waals surface area contributed by atoms with Crippen LogP contribution in [0.4, 0.5) is 14.9 Å². The molecule has 0 saturated carbocycles. The summed E-state index contributed by atoms with van der Waals surface area (Å²) in [5, 5.41) is 14.0. The van der Waals surface area contributed by atoms with Gasteiger partial charge in [0.15, 0.2) is 11.6 Å². The van der Waals surface area contributed by atoms with Crippen molar-refractivity contribution >= 4 is 34.3 Å². The fraction of sp³-hybridized carbons (Fsp3) is 0.190. The number of phenolic OH excluding ortho intramolecular Hbond substituents is 1. The number of aliphatic imine (C=N–C) groups is 2. The quantitative estimate of drug-likeness (QED) is 0.454. The minimum Gasteiger partial charge on any atom is -0.505 e. The summed E-state index contributed by atoms with van der Waals surface area (Å²) in [6.45, 7) is 3.40. The molecule has 0 saturated heterocycles. The van der Waals surface area contributed by atoms with E-state index in [0.29, 0.717) is 28.5 Å². The van der Waals surface area contributed by atoms with Gasteiger partial charge in [-0.05, 0) is 55.1 Å². The number of phenols is 1. The molecule has 10 heteroatoms. The third-order valence-electron chi connectivity index (χ3n) is 4.11. The van der Waals surface area contributed by atoms with Crippen molar-refractivity contribution in [2.24, 2.45) is 9.98 Å². The van der Waals surface area contributed by atoms with Gasteiger partial charge in [-0.25, -0.2) is 14.2 Å². The zero-order chi connectivity index (χ0) is 22.5. The second-order valence-electron chi connectivity index (χ2n) is 6.38. The number of aromatic nitrogens is 2. The first-order valence-corrected chi connectivity index (χ1v) is 10.2. The van der Waals surface area contributed by atoms with Crippen LogP contribution in [0.25, 0.3) is 11.4 Å². The van der Waals surface area contributed by atoms with E-state index >= 15 is 0 Å². The van der Waals surface area contributed by atoms with Gasteiger partial charge in [-0.2, -0.15) is 9.98 Å². The van der Waals surface area contributed by atoms with E-state index in [-0.39, 0.29) is 16.3 Å². The molecular formula is C21H19FN4O4S. The van der Waals surface area contributed by atoms with Crippen LogP contribution in [-0.2, 0) is 4.74 Å². The molecule has 8 nitrogen and oxygen atoms in total. The van der Waals surface area contributed by atoms with Gasteiger partial charge in [-0.1, -0.05) is 5.16 Å². The largest absolute Gasteiger partial charge is 0.505 e. The van der Waals surface area contributed by atoms with Gasteiger partial charge < -0.3 is 14.4 Å². The fourth-order valence-electron chi connectivity index (χ4n) is 2.70. The van der Waals surface area contributed by atoms with E-state index in [1.54, 1.807) is 44.4 Å². The van der Waals surface area contributed by atoms with Crippen LogP contribution < -0.4 is 0 Å². The molecule has 0 spiro atoms. The number of nitrogens with zero attached hydrogens (tertiary/aromatic N) is 4. The molecule has 0 aliphatic carbocycles. The smallest absolute Gasteiger partial charge is 0.434 e. The van der Waals surface area contributed by atoms with E-state index < -0.39 is 17.7 Å². The Hall–Kier alpha value is -3.53. The highest BCUT2D eigenvalue weighted by Crippen LogP contribution is 2.27. The van der Waals surface area contributed by atoms with Crippen molar-refractivity contribution in [2.75, 3.05) is 13.4 Å². The standard InChI is InChI=1S/C21H19FN4O4S/c1-11-9-15(17(22)16(27)10-11)18(20(31-4)25-21(28)29-3)24-14-7-5-13(6-8-14)19-23-12(2)30-26-19/h5-10,27H,1-4H3. The van der Waals surface area contributed by atoms with Crippen molar-refractivity contribution in [3.05, 3.63) is 59.2 Å². The summed E-state index contributed by atoms with van der Waals surface area (Å²) in [7, 11) is 1.19. The molecule has 0 atom stereocenters. The summed E-state index contributed by atoms with van der Waals surface area (Å²) in [5.74, 6) is -0.517. The SMILES string of the molecule is COC(=O)N=C(SC)C(=Nc1ccc(-c2noc(C)n2)cc1)c1cc(C)cc(O)c1F. The Bertz CT molecular complexity index is 1170. The highest BCUT2D eigenvalue weighted by molar-refractivity contribution is 8.15. The predicted octanol–water partition coefficient (Wildman–Crippen LogP) is 4.85. The summed E-state index contributed by atoms with van der Waals surface area (Å²) >= 11 is 1.10. The maximum atomic E-state index is 14.8. The van der Waals surface area contributed by atoms with Crippen LogP contribution in [0.5, 0.6) is 5.75 Å². The molecule has 3 aromatic rings. The average molecular weight is 442 g/mol. The molecule has 3 rings (SSSR count). The van der Waals surface area contributed by atoms with Crippen LogP contribution in [0.3, 0.4) is 0 Å². The molecule has 1 amide bonds. The Morgan fingerprint density at radius 1 is 1.23 bits per heavy atom. The number of aryl methyl sites for hydroxylation is 2. The van der Waals surface area contributed by atoms with Crippen LogP contribution >= 0.6 is 11.8 Å². The van der Waals surface area contributed by atoms with Gasteiger partial charge in [0.2, 0.25) is 11.7 Å². The number of hydrogen-bond donors (Lipinski definition) is 1. The van der Waals surface area contributed by atoms with Gasteiger partial charge in [0.25, 0.3) is 0 Å². The Labute approximate surface area is 181 Å². The Morgan fingerprint density at radius 2 is 1.94 bits per heavy atom. The molecule has 31 heavy (non-hydrogen) atoms. The van der Waals surface area contributed by atoms with Crippen molar-refractivity contribution in [3.8, 4) is 17.1 Å². The normalized spacial score (nSPS) is 12.2. The van der Waals surface area contributed by atoms with Crippen LogP contribution in [0.15, 0.2) is 50.9 Å². The third kappa shape index (κ3) is 5.15. The maximum absolute atomic E-state index is 14.8. The molecule has 0 aliphatic heterocycles. The summed E-state index contributed by atoms with van der Waals surface area (Å²) in [5.41, 5.74) is 1.88. The number of hydrogen-bond acceptors (Lipinski definition) is 8. The first-order valence-electron chi connectivity index (χ1n) is 9.02. The first kappa shape index (κ1) is 22.2. The number of rotatable bonds is 4. The van der Waals surface area contributed by atoms with Crippen LogP contribution in [0, 0.1) is 19.7 Å². The van der Waals surface area contributed by atoms with Crippen molar-refractivity contribution in [1.82, 2.24) is 10.1 Å². The van der Waals surface area contributed by atoms with Gasteiger partial charge in [0.05, 0.1) is 12.8 Å². The van der Waals surface area contributed by atoms with E-state index in [4.69, 9.17) is 4.52 Å². The molecule has 0 aliphatic rings. The van der Waals surface area contributed by atoms with Crippen LogP contribution in [-0.4, -0.2) is 45.5 Å². The second-order valence-corrected chi connectivity index (χ2v) is 7.18. The number of halogens is 1. The maximum Gasteiger partial charge on any atom is 0.434 e. The van der Waals surface area contributed by atoms with Gasteiger partial charge in [-0.15, -0.1) is 11.8 Å². The fourth-order valence-corrected chi connectivity index (χ4v) is 3.21. The van der Waals surface area contributed by atoms with Crippen molar-refractivity contribution in [2.45, 2.75) is 13.8 Å². The minimum absolute atomic E-state index is 0.00683. The molecule has 1 aromatic heterocycles. The lowest BCUT2D eigenvalue weighted by Crippen LogP contribution is -2.16. The van der Waals surface area contributed by atoms with Gasteiger partial charge in [-0.3, -0.25) is 0 Å². The molecule has 1 N–H and O–H groups in total. The lowest BCUT2D eigenvalue weighted by Gasteiger charge is -2.11. The predicted molar refractivity (Wildman–Crippen MR) is 117 cm³/mol. The van der Waals surface area contributed by atoms with Crippen LogP contribution in [0.2, 0.25) is 0 Å². The highest BCUT2D eigenvalue weighted by atomic mass is 32.2. The zero-order valence-corrected chi connectivity index (χ0v) is 18.0. The van der Waals surface area contributed by atoms with Gasteiger partial charge in [0, 0.05) is 18.1 Å². The number of methoxy groups -OCH3 is 1. The van der Waals surface area contributed by atoms with Crippen molar-refractivity contribution < 1.29 is 23.6 Å². The van der Waals surface area contributed by atoms with E-state index in [2.05, 4.69) is 24.9 Å². The minimum atomic E-state index is -0.866. The molecule has 2 aromatic carbocycles. The highest BCUT2D eigenvalue weighted by Gasteiger charge is 2.20. The number of amides is 1. The van der Waals surface area contributed by atoms with E-state index in [1.165, 1.54) is 19.2 Å². The Balaban J connectivity index is 2.13. The number of benzene rings is 2. The first-order chi connectivity index (χ1) is 14.8. The van der Waals surface area contributed by atoms with E-state index in [1.807, 2.05) is 0 Å². The molecule has 0 bridgehead atoms. The van der Waals surface area contributed by atoms with E-state index in [9.17, 15) is 14.3 Å². The van der Waals surface area contributed by atoms with Crippen molar-refractivity contribution in [1.29, 1.82) is 0 Å². The summed E-state index contributed by atoms with van der Waals surface area (Å²) in [6, 6.07) is 9.67. The number of ether oxygens (including phenoxy) is 1. The number of carbonyl (C=O) groups is 1. The topological polar surface area (TPSA) is 110 Å². The van der Waals surface area contributed by atoms with Crippen molar-refractivity contribution in [3.63, 3.8) is 0 Å². The number of carbonyl (C=O) groups excluding carboxylic acids is 1. The molecule has 0 unspecified atom stereocenters. The Morgan fingerprint density at radius 3 is 2.52 bits per heavy atom. The summed E-state index contributed by atoms with van der Waals surface area (Å²) in [4.78, 5) is 24.3. The number of thioether (sulfide) groups is 1.